The van der Waals surface area contributed by atoms with Crippen LogP contribution >= 0.6 is 11.8 Å². The Morgan fingerprint density at radius 3 is 3.09 bits per heavy atom. The molecule has 0 spiro atoms. The van der Waals surface area contributed by atoms with Gasteiger partial charge in [-0.15, -0.1) is 11.8 Å². The lowest BCUT2D eigenvalue weighted by Crippen LogP contribution is -2.33. The topological polar surface area (TPSA) is 113 Å². The molecule has 22 heavy (non-hydrogen) atoms. The Kier molecular flexibility index (Phi) is 5.21. The van der Waals surface area contributed by atoms with Crippen LogP contribution in [0.1, 0.15) is 12.7 Å². The van der Waals surface area contributed by atoms with E-state index in [0.717, 1.165) is 0 Å². The number of hydrogen-bond donors (Lipinski definition) is 2. The van der Waals surface area contributed by atoms with Gasteiger partial charge in [-0.05, 0) is 6.92 Å². The van der Waals surface area contributed by atoms with Gasteiger partial charge in [0.1, 0.15) is 28.3 Å². The second-order valence-corrected chi connectivity index (χ2v) is 5.46. The molecule has 1 amide bonds. The number of hydrogen-bond acceptors (Lipinski definition) is 8. The van der Waals surface area contributed by atoms with Crippen LogP contribution in [0, 0.1) is 0 Å². The summed E-state index contributed by atoms with van der Waals surface area (Å²) in [6, 6.07) is 2.18. The van der Waals surface area contributed by atoms with E-state index in [0.29, 0.717) is 28.0 Å². The summed E-state index contributed by atoms with van der Waals surface area (Å²) in [7, 11) is 1.44. The molecule has 0 aliphatic carbocycles. The summed E-state index contributed by atoms with van der Waals surface area (Å²) in [4.78, 5) is 27.5. The summed E-state index contributed by atoms with van der Waals surface area (Å²) in [5.74, 6) is 0.835. The zero-order valence-corrected chi connectivity index (χ0v) is 12.8. The normalized spacial score (nSPS) is 18.0. The highest BCUT2D eigenvalue weighted by Gasteiger charge is 2.26. The van der Waals surface area contributed by atoms with E-state index < -0.39 is 11.7 Å². The first kappa shape index (κ1) is 16.1. The fourth-order valence-electron chi connectivity index (χ4n) is 1.75. The third-order valence-corrected chi connectivity index (χ3v) is 4.04. The van der Waals surface area contributed by atoms with Crippen LogP contribution in [0.25, 0.3) is 0 Å². The summed E-state index contributed by atoms with van der Waals surface area (Å²) >= 11 is 1.35. The van der Waals surface area contributed by atoms with Gasteiger partial charge >= 0.3 is 5.63 Å². The average Bonchev–Trinajstić information content (AvgIpc) is 3.01. The average molecular weight is 325 g/mol. The van der Waals surface area contributed by atoms with E-state index >= 15 is 0 Å². The van der Waals surface area contributed by atoms with Crippen LogP contribution in [-0.4, -0.2) is 40.8 Å². The summed E-state index contributed by atoms with van der Waals surface area (Å²) in [5, 5.41) is 14.9. The lowest BCUT2D eigenvalue weighted by Gasteiger charge is -2.08. The van der Waals surface area contributed by atoms with Gasteiger partial charge in [0.05, 0.1) is 19.7 Å². The molecule has 0 aromatic carbocycles. The zero-order chi connectivity index (χ0) is 16.1. The summed E-state index contributed by atoms with van der Waals surface area (Å²) in [5.41, 5.74) is -0.172. The zero-order valence-electron chi connectivity index (χ0n) is 12.0. The number of carbonyl (C=O) groups excluding carboxylic acids is 1. The van der Waals surface area contributed by atoms with Crippen molar-refractivity contribution in [2.75, 3.05) is 12.9 Å². The van der Waals surface area contributed by atoms with Gasteiger partial charge in [0.2, 0.25) is 5.91 Å². The highest BCUT2D eigenvalue weighted by atomic mass is 32.2. The predicted octanol–water partition coefficient (Wildman–Crippen LogP) is 0.629. The molecule has 118 valence electrons. The van der Waals surface area contributed by atoms with Gasteiger partial charge in [0.25, 0.3) is 0 Å². The van der Waals surface area contributed by atoms with Crippen molar-refractivity contribution in [1.29, 1.82) is 0 Å². The molecule has 0 radical (unpaired) electrons. The minimum Gasteiger partial charge on any atom is -0.496 e. The van der Waals surface area contributed by atoms with Crippen LogP contribution in [0.5, 0.6) is 5.75 Å². The monoisotopic (exact) mass is 325 g/mol. The highest BCUT2D eigenvalue weighted by Crippen LogP contribution is 2.19. The van der Waals surface area contributed by atoms with Crippen LogP contribution in [0.15, 0.2) is 31.5 Å². The van der Waals surface area contributed by atoms with E-state index in [9.17, 15) is 9.59 Å². The quantitative estimate of drug-likeness (QED) is 0.466. The Morgan fingerprint density at radius 1 is 1.64 bits per heavy atom. The van der Waals surface area contributed by atoms with Crippen LogP contribution in [-0.2, 0) is 11.3 Å². The number of carbonyl (C=O) groups is 1. The molecular weight excluding hydrogens is 310 g/mol. The second-order valence-electron chi connectivity index (χ2n) is 4.45. The number of rotatable bonds is 5. The molecule has 1 atom stereocenters. The number of methoxy groups -OCH3 is 1. The third kappa shape index (κ3) is 3.88. The van der Waals surface area contributed by atoms with E-state index in [2.05, 4.69) is 15.5 Å². The maximum atomic E-state index is 12.0. The Balaban J connectivity index is 1.98. The lowest BCUT2D eigenvalue weighted by atomic mass is 10.3. The fraction of sp³-hybridized carbons (Fsp3) is 0.385. The number of amides is 1. The van der Waals surface area contributed by atoms with Crippen molar-refractivity contribution in [3.8, 4) is 5.75 Å². The number of oxime groups is 1. The molecular formula is C13H15N3O5S. The molecule has 1 aromatic heterocycles. The number of aliphatic imine (C=N–C) groups is 1. The molecule has 0 bridgehead atoms. The highest BCUT2D eigenvalue weighted by molar-refractivity contribution is 8.16. The third-order valence-electron chi connectivity index (χ3n) is 2.88. The van der Waals surface area contributed by atoms with Crippen LogP contribution in [0.4, 0.5) is 0 Å². The molecule has 1 aromatic rings. The summed E-state index contributed by atoms with van der Waals surface area (Å²) in [6.45, 7) is 1.67. The maximum absolute atomic E-state index is 12.0. The summed E-state index contributed by atoms with van der Waals surface area (Å²) < 4.78 is 9.93. The maximum Gasteiger partial charge on any atom is 0.339 e. The van der Waals surface area contributed by atoms with E-state index in [4.69, 9.17) is 14.4 Å². The number of thioether (sulfide) groups is 1. The van der Waals surface area contributed by atoms with Crippen molar-refractivity contribution in [2.45, 2.75) is 19.5 Å². The van der Waals surface area contributed by atoms with Crippen molar-refractivity contribution >= 4 is 28.4 Å². The summed E-state index contributed by atoms with van der Waals surface area (Å²) in [6.07, 6.45) is 0. The fourth-order valence-corrected chi connectivity index (χ4v) is 2.74. The molecule has 8 nitrogen and oxygen atoms in total. The van der Waals surface area contributed by atoms with Crippen molar-refractivity contribution in [2.24, 2.45) is 10.1 Å². The SMILES string of the molecule is COc1cc(CNC(=O)C2CSC(/C(C)=N/O)=N2)oc(=O)c1. The molecule has 2 N–H and O–H groups in total. The Hall–Kier alpha value is -2.29. The second kappa shape index (κ2) is 7.12. The minimum atomic E-state index is -0.561. The predicted molar refractivity (Wildman–Crippen MR) is 82.0 cm³/mol. The van der Waals surface area contributed by atoms with Gasteiger partial charge in [-0.2, -0.15) is 0 Å². The first-order valence-electron chi connectivity index (χ1n) is 6.39. The standard InChI is InChI=1S/C13H15N3O5S/c1-7(16-19)13-15-10(6-22-13)12(18)14-5-9-3-8(20-2)4-11(17)21-9/h3-4,10,19H,5-6H2,1-2H3,(H,14,18)/b16-7+. The Morgan fingerprint density at radius 2 is 2.41 bits per heavy atom. The van der Waals surface area contributed by atoms with Crippen molar-refractivity contribution in [3.63, 3.8) is 0 Å². The molecule has 9 heteroatoms. The first-order chi connectivity index (χ1) is 10.5. The molecule has 2 heterocycles. The van der Waals surface area contributed by atoms with Crippen LogP contribution in [0.3, 0.4) is 0 Å². The number of ether oxygens (including phenoxy) is 1. The lowest BCUT2D eigenvalue weighted by molar-refractivity contribution is -0.122. The minimum absolute atomic E-state index is 0.0599. The Labute approximate surface area is 130 Å². The van der Waals surface area contributed by atoms with E-state index in [1.165, 1.54) is 31.0 Å². The largest absolute Gasteiger partial charge is 0.496 e. The van der Waals surface area contributed by atoms with Crippen molar-refractivity contribution < 1.29 is 19.2 Å². The molecule has 1 aliphatic rings. The van der Waals surface area contributed by atoms with Crippen LogP contribution in [0.2, 0.25) is 0 Å². The smallest absolute Gasteiger partial charge is 0.339 e. The number of nitrogens with zero attached hydrogens (tertiary/aromatic N) is 2. The molecule has 2 rings (SSSR count). The van der Waals surface area contributed by atoms with E-state index in [1.54, 1.807) is 6.92 Å². The van der Waals surface area contributed by atoms with Crippen LogP contribution < -0.4 is 15.7 Å². The first-order valence-corrected chi connectivity index (χ1v) is 7.37. The van der Waals surface area contributed by atoms with Gasteiger partial charge < -0.3 is 19.7 Å². The van der Waals surface area contributed by atoms with Gasteiger partial charge in [-0.25, -0.2) is 4.79 Å². The molecule has 0 saturated heterocycles. The molecule has 1 aliphatic heterocycles. The van der Waals surface area contributed by atoms with Gasteiger partial charge in [0, 0.05) is 11.8 Å². The van der Waals surface area contributed by atoms with Crippen molar-refractivity contribution in [1.82, 2.24) is 5.32 Å². The van der Waals surface area contributed by atoms with E-state index in [-0.39, 0.29) is 12.5 Å². The molecule has 0 fully saturated rings. The Bertz CT molecular complexity index is 682. The van der Waals surface area contributed by atoms with Gasteiger partial charge in [0.15, 0.2) is 0 Å². The van der Waals surface area contributed by atoms with Crippen molar-refractivity contribution in [3.05, 3.63) is 28.3 Å². The van der Waals surface area contributed by atoms with Gasteiger partial charge in [-0.3, -0.25) is 9.79 Å². The molecule has 0 saturated carbocycles. The number of nitrogens with one attached hydrogen (secondary N) is 1. The molecule has 1 unspecified atom stereocenters. The van der Waals surface area contributed by atoms with E-state index in [1.807, 2.05) is 0 Å². The van der Waals surface area contributed by atoms with Gasteiger partial charge in [-0.1, -0.05) is 5.16 Å².